The summed E-state index contributed by atoms with van der Waals surface area (Å²) in [6, 6.07) is 17.2. The second kappa shape index (κ2) is 6.68. The maximum absolute atomic E-state index is 5.31. The van der Waals surface area contributed by atoms with Gasteiger partial charge in [-0.3, -0.25) is 9.98 Å². The van der Waals surface area contributed by atoms with Gasteiger partial charge in [0.1, 0.15) is 0 Å². The largest absolute Gasteiger partial charge is 0.278 e. The summed E-state index contributed by atoms with van der Waals surface area (Å²) in [4.78, 5) is 10.1. The normalized spacial score (nSPS) is 17.0. The topological polar surface area (TPSA) is 25.2 Å². The van der Waals surface area contributed by atoms with E-state index < -0.39 is 0 Å². The number of hydrogen-bond donors (Lipinski definition) is 0. The van der Waals surface area contributed by atoms with Crippen LogP contribution in [0.1, 0.15) is 54.9 Å². The van der Waals surface area contributed by atoms with E-state index in [0.717, 1.165) is 16.8 Å². The molecule has 1 aromatic heterocycles. The number of hydrogen-bond acceptors (Lipinski definition) is 2. The first-order valence-corrected chi connectivity index (χ1v) is 9.57. The number of benzene rings is 2. The monoisotopic (exact) mass is 342 g/mol. The van der Waals surface area contributed by atoms with Gasteiger partial charge in [0.15, 0.2) is 0 Å². The van der Waals surface area contributed by atoms with Crippen molar-refractivity contribution in [1.82, 2.24) is 4.98 Å². The Bertz CT molecular complexity index is 978. The molecule has 0 aliphatic heterocycles. The van der Waals surface area contributed by atoms with E-state index in [9.17, 15) is 0 Å². The molecule has 4 rings (SSSR count). The van der Waals surface area contributed by atoms with Gasteiger partial charge in [0.05, 0.1) is 16.8 Å². The van der Waals surface area contributed by atoms with Crippen LogP contribution in [-0.4, -0.2) is 16.2 Å². The average Bonchev–Trinajstić information content (AvgIpc) is 3.07. The summed E-state index contributed by atoms with van der Waals surface area (Å²) in [6.45, 7) is 6.59. The number of aliphatic imine (C=N–C) groups is 1. The molecule has 0 amide bonds. The van der Waals surface area contributed by atoms with Gasteiger partial charge in [-0.15, -0.1) is 0 Å². The maximum atomic E-state index is 5.31. The van der Waals surface area contributed by atoms with Crippen molar-refractivity contribution in [2.45, 2.75) is 52.0 Å². The first kappa shape index (κ1) is 17.0. The van der Waals surface area contributed by atoms with Gasteiger partial charge >= 0.3 is 0 Å². The number of para-hydroxylation sites is 1. The van der Waals surface area contributed by atoms with E-state index in [1.54, 1.807) is 0 Å². The van der Waals surface area contributed by atoms with Gasteiger partial charge in [0.25, 0.3) is 0 Å². The molecule has 3 aromatic rings. The van der Waals surface area contributed by atoms with Gasteiger partial charge in [-0.05, 0) is 50.8 Å². The fraction of sp³-hybridized carbons (Fsp3) is 0.333. The van der Waals surface area contributed by atoms with Crippen LogP contribution in [-0.2, 0) is 0 Å². The lowest BCUT2D eigenvalue weighted by molar-refractivity contribution is 0.491. The Morgan fingerprint density at radius 3 is 2.46 bits per heavy atom. The Morgan fingerprint density at radius 2 is 1.69 bits per heavy atom. The second-order valence-corrected chi connectivity index (χ2v) is 7.85. The van der Waals surface area contributed by atoms with Crippen LogP contribution in [0.15, 0.2) is 59.7 Å². The van der Waals surface area contributed by atoms with Crippen molar-refractivity contribution < 1.29 is 0 Å². The van der Waals surface area contributed by atoms with E-state index in [1.807, 2.05) is 6.20 Å². The lowest BCUT2D eigenvalue weighted by Crippen LogP contribution is -2.21. The highest BCUT2D eigenvalue weighted by atomic mass is 14.9. The van der Waals surface area contributed by atoms with Crippen molar-refractivity contribution in [2.24, 2.45) is 4.99 Å². The number of aryl methyl sites for hydroxylation is 2. The number of rotatable bonds is 3. The zero-order valence-corrected chi connectivity index (χ0v) is 15.9. The van der Waals surface area contributed by atoms with Crippen molar-refractivity contribution in [1.29, 1.82) is 0 Å². The third-order valence-electron chi connectivity index (χ3n) is 5.65. The van der Waals surface area contributed by atoms with E-state index in [0.29, 0.717) is 0 Å². The summed E-state index contributed by atoms with van der Waals surface area (Å²) < 4.78 is 0. The van der Waals surface area contributed by atoms with Gasteiger partial charge in [0, 0.05) is 22.7 Å². The average molecular weight is 342 g/mol. The van der Waals surface area contributed by atoms with Gasteiger partial charge in [-0.25, -0.2) is 0 Å². The number of pyridine rings is 1. The Hall–Kier alpha value is -2.48. The number of aromatic nitrogens is 1. The first-order chi connectivity index (χ1) is 12.6. The first-order valence-electron chi connectivity index (χ1n) is 9.57. The van der Waals surface area contributed by atoms with Crippen LogP contribution in [0.25, 0.3) is 10.9 Å². The van der Waals surface area contributed by atoms with Crippen LogP contribution in [0.2, 0.25) is 0 Å². The fourth-order valence-corrected chi connectivity index (χ4v) is 4.08. The summed E-state index contributed by atoms with van der Waals surface area (Å²) in [5, 5.41) is 1.18. The third-order valence-corrected chi connectivity index (χ3v) is 5.65. The van der Waals surface area contributed by atoms with Crippen LogP contribution in [0.3, 0.4) is 0 Å². The molecular formula is C24H26N2. The molecule has 2 heteroatoms. The molecule has 1 saturated carbocycles. The molecular weight excluding hydrogens is 316 g/mol. The second-order valence-electron chi connectivity index (χ2n) is 7.85. The molecule has 2 nitrogen and oxygen atoms in total. The van der Waals surface area contributed by atoms with Gasteiger partial charge in [-0.1, -0.05) is 55.3 Å². The molecule has 0 atom stereocenters. The lowest BCUT2D eigenvalue weighted by Gasteiger charge is -2.22. The highest BCUT2D eigenvalue weighted by Gasteiger charge is 2.29. The highest BCUT2D eigenvalue weighted by Crippen LogP contribution is 2.34. The van der Waals surface area contributed by atoms with Gasteiger partial charge < -0.3 is 0 Å². The van der Waals surface area contributed by atoms with E-state index in [4.69, 9.17) is 9.98 Å². The smallest absolute Gasteiger partial charge is 0.0744 e. The summed E-state index contributed by atoms with van der Waals surface area (Å²) >= 11 is 0. The van der Waals surface area contributed by atoms with Crippen LogP contribution in [0.5, 0.6) is 0 Å². The zero-order valence-electron chi connectivity index (χ0n) is 15.9. The predicted octanol–water partition coefficient (Wildman–Crippen LogP) is 6.02. The Morgan fingerprint density at radius 1 is 0.962 bits per heavy atom. The summed E-state index contributed by atoms with van der Waals surface area (Å²) in [7, 11) is 0. The SMILES string of the molecule is Cc1ccccc1C(=NC1(C)CCCC1)c1cnc2c(C)cccc2c1. The van der Waals surface area contributed by atoms with Crippen molar-refractivity contribution in [3.05, 3.63) is 77.0 Å². The van der Waals surface area contributed by atoms with E-state index >= 15 is 0 Å². The van der Waals surface area contributed by atoms with Crippen molar-refractivity contribution in [2.75, 3.05) is 0 Å². The molecule has 0 bridgehead atoms. The molecule has 2 aromatic carbocycles. The van der Waals surface area contributed by atoms with Gasteiger partial charge in [-0.2, -0.15) is 0 Å². The molecule has 1 heterocycles. The number of nitrogens with zero attached hydrogens (tertiary/aromatic N) is 2. The minimum Gasteiger partial charge on any atom is -0.278 e. The van der Waals surface area contributed by atoms with Crippen LogP contribution in [0, 0.1) is 13.8 Å². The molecule has 132 valence electrons. The van der Waals surface area contributed by atoms with Crippen molar-refractivity contribution >= 4 is 16.6 Å². The molecule has 1 fully saturated rings. The van der Waals surface area contributed by atoms with Gasteiger partial charge in [0.2, 0.25) is 0 Å². The molecule has 0 radical (unpaired) electrons. The zero-order chi connectivity index (χ0) is 18.1. The van der Waals surface area contributed by atoms with E-state index in [2.05, 4.69) is 69.3 Å². The van der Waals surface area contributed by atoms with Crippen LogP contribution < -0.4 is 0 Å². The fourth-order valence-electron chi connectivity index (χ4n) is 4.08. The predicted molar refractivity (Wildman–Crippen MR) is 110 cm³/mol. The summed E-state index contributed by atoms with van der Waals surface area (Å²) in [5.74, 6) is 0. The van der Waals surface area contributed by atoms with E-state index in [-0.39, 0.29) is 5.54 Å². The quantitative estimate of drug-likeness (QED) is 0.534. The lowest BCUT2D eigenvalue weighted by atomic mass is 9.95. The molecule has 0 N–H and O–H groups in total. The maximum Gasteiger partial charge on any atom is 0.0744 e. The van der Waals surface area contributed by atoms with Crippen LogP contribution >= 0.6 is 0 Å². The summed E-state index contributed by atoms with van der Waals surface area (Å²) in [6.07, 6.45) is 6.89. The van der Waals surface area contributed by atoms with Crippen molar-refractivity contribution in [3.63, 3.8) is 0 Å². The Labute approximate surface area is 156 Å². The van der Waals surface area contributed by atoms with E-state index in [1.165, 1.54) is 47.8 Å². The molecule has 1 aliphatic carbocycles. The third kappa shape index (κ3) is 3.16. The number of fused-ring (bicyclic) bond motifs is 1. The molecule has 1 aliphatic rings. The molecule has 0 saturated heterocycles. The minimum absolute atomic E-state index is 0.0408. The van der Waals surface area contributed by atoms with Crippen LogP contribution in [0.4, 0.5) is 0 Å². The summed E-state index contributed by atoms with van der Waals surface area (Å²) in [5.41, 5.74) is 7.01. The Kier molecular flexibility index (Phi) is 4.36. The highest BCUT2D eigenvalue weighted by molar-refractivity contribution is 6.14. The molecule has 0 unspecified atom stereocenters. The molecule has 0 spiro atoms. The Balaban J connectivity index is 1.91. The minimum atomic E-state index is 0.0408. The van der Waals surface area contributed by atoms with Crippen molar-refractivity contribution in [3.8, 4) is 0 Å². The standard InChI is InChI=1S/C24H26N2/c1-17-9-4-5-12-21(17)23(26-24(3)13-6-7-14-24)20-15-19-11-8-10-18(2)22(19)25-16-20/h4-5,8-12,15-16H,6-7,13-14H2,1-3H3. The molecule has 26 heavy (non-hydrogen) atoms.